The zero-order valence-electron chi connectivity index (χ0n) is 13.6. The second-order valence-corrected chi connectivity index (χ2v) is 6.01. The minimum absolute atomic E-state index is 0.0241. The minimum atomic E-state index is -0.619. The number of nitro benzene ring substituents is 1. The summed E-state index contributed by atoms with van der Waals surface area (Å²) in [7, 11) is 0. The summed E-state index contributed by atoms with van der Waals surface area (Å²) in [6.07, 6.45) is 3.55. The Labute approximate surface area is 154 Å². The molecule has 1 heterocycles. The molecule has 0 saturated heterocycles. The number of aromatic nitrogens is 2. The fourth-order valence-corrected chi connectivity index (χ4v) is 2.74. The average Bonchev–Trinajstić information content (AvgIpc) is 3.13. The molecule has 3 rings (SSSR count). The maximum absolute atomic E-state index is 12.4. The molecular weight excluding hydrogens is 356 g/mol. The van der Waals surface area contributed by atoms with Crippen LogP contribution < -0.4 is 5.32 Å². The third-order valence-electron chi connectivity index (χ3n) is 3.85. The van der Waals surface area contributed by atoms with Crippen molar-refractivity contribution >= 4 is 23.2 Å². The van der Waals surface area contributed by atoms with Gasteiger partial charge in [-0.05, 0) is 29.3 Å². The number of hydrogen-bond donors (Lipinski definition) is 1. The predicted molar refractivity (Wildman–Crippen MR) is 97.0 cm³/mol. The van der Waals surface area contributed by atoms with Gasteiger partial charge in [-0.25, -0.2) is 0 Å². The summed E-state index contributed by atoms with van der Waals surface area (Å²) in [6, 6.07) is 13.4. The van der Waals surface area contributed by atoms with Gasteiger partial charge < -0.3 is 5.32 Å². The van der Waals surface area contributed by atoms with E-state index < -0.39 is 10.8 Å². The molecule has 1 aromatic heterocycles. The zero-order chi connectivity index (χ0) is 18.5. The highest BCUT2D eigenvalue weighted by molar-refractivity contribution is 6.31. The highest BCUT2D eigenvalue weighted by Gasteiger charge is 2.20. The van der Waals surface area contributed by atoms with E-state index >= 15 is 0 Å². The molecule has 0 aliphatic heterocycles. The second-order valence-electron chi connectivity index (χ2n) is 5.57. The van der Waals surface area contributed by atoms with E-state index in [9.17, 15) is 14.9 Å². The first kappa shape index (κ1) is 17.6. The van der Waals surface area contributed by atoms with Gasteiger partial charge in [0.25, 0.3) is 11.6 Å². The zero-order valence-corrected chi connectivity index (χ0v) is 14.4. The number of nitrogens with zero attached hydrogens (tertiary/aromatic N) is 3. The minimum Gasteiger partial charge on any atom is -0.348 e. The van der Waals surface area contributed by atoms with Crippen LogP contribution in [0.4, 0.5) is 5.69 Å². The van der Waals surface area contributed by atoms with Crippen LogP contribution in [0.2, 0.25) is 5.02 Å². The summed E-state index contributed by atoms with van der Waals surface area (Å²) in [5.41, 5.74) is 1.57. The Kier molecular flexibility index (Phi) is 5.28. The van der Waals surface area contributed by atoms with Crippen molar-refractivity contribution < 1.29 is 9.72 Å². The lowest BCUT2D eigenvalue weighted by molar-refractivity contribution is -0.385. The van der Waals surface area contributed by atoms with E-state index in [1.807, 2.05) is 36.5 Å². The van der Waals surface area contributed by atoms with Crippen LogP contribution in [0, 0.1) is 10.1 Å². The Morgan fingerprint density at radius 1 is 1.19 bits per heavy atom. The molecule has 0 fully saturated rings. The molecule has 1 amide bonds. The first-order valence-electron chi connectivity index (χ1n) is 7.81. The topological polar surface area (TPSA) is 90.1 Å². The van der Waals surface area contributed by atoms with E-state index in [0.717, 1.165) is 11.1 Å². The quantitative estimate of drug-likeness (QED) is 0.531. The van der Waals surface area contributed by atoms with Crippen LogP contribution in [0.5, 0.6) is 0 Å². The number of carbonyl (C=O) groups excluding carboxylic acids is 1. The van der Waals surface area contributed by atoms with E-state index in [4.69, 9.17) is 11.6 Å². The lowest BCUT2D eigenvalue weighted by Crippen LogP contribution is -2.24. The largest absolute Gasteiger partial charge is 0.348 e. The molecular formula is C18H15ClN4O3. The standard InChI is InChI=1S/C18H15ClN4O3/c19-15-6-7-16(17(10-15)23(25)26)18(24)20-11-13-4-1-2-5-14(13)12-22-9-3-8-21-22/h1-10H,11-12H2,(H,20,24). The van der Waals surface area contributed by atoms with Crippen molar-refractivity contribution in [2.75, 3.05) is 0 Å². The molecule has 26 heavy (non-hydrogen) atoms. The SMILES string of the molecule is O=C(NCc1ccccc1Cn1cccn1)c1ccc(Cl)cc1[N+](=O)[O-]. The third kappa shape index (κ3) is 4.07. The van der Waals surface area contributed by atoms with Crippen molar-refractivity contribution in [2.24, 2.45) is 0 Å². The summed E-state index contributed by atoms with van der Waals surface area (Å²) in [4.78, 5) is 22.9. The molecule has 3 aromatic rings. The highest BCUT2D eigenvalue weighted by atomic mass is 35.5. The van der Waals surface area contributed by atoms with E-state index in [1.165, 1.54) is 18.2 Å². The molecule has 0 unspecified atom stereocenters. The Morgan fingerprint density at radius 3 is 2.65 bits per heavy atom. The Bertz CT molecular complexity index is 941. The number of halogens is 1. The Hall–Kier alpha value is -3.19. The van der Waals surface area contributed by atoms with E-state index in [1.54, 1.807) is 10.9 Å². The number of hydrogen-bond acceptors (Lipinski definition) is 4. The van der Waals surface area contributed by atoms with E-state index in [0.29, 0.717) is 6.54 Å². The second kappa shape index (κ2) is 7.79. The number of carbonyl (C=O) groups is 1. The molecule has 0 aliphatic carbocycles. The molecule has 1 N–H and O–H groups in total. The molecule has 132 valence electrons. The summed E-state index contributed by atoms with van der Waals surface area (Å²) in [5.74, 6) is -0.526. The molecule has 0 radical (unpaired) electrons. The lowest BCUT2D eigenvalue weighted by atomic mass is 10.1. The monoisotopic (exact) mass is 370 g/mol. The van der Waals surface area contributed by atoms with Crippen molar-refractivity contribution in [2.45, 2.75) is 13.1 Å². The van der Waals surface area contributed by atoms with Gasteiger partial charge in [0.2, 0.25) is 0 Å². The molecule has 0 saturated carbocycles. The molecule has 0 spiro atoms. The first-order valence-corrected chi connectivity index (χ1v) is 8.19. The predicted octanol–water partition coefficient (Wildman–Crippen LogP) is 3.42. The first-order chi connectivity index (χ1) is 12.5. The smallest absolute Gasteiger partial charge is 0.283 e. The van der Waals surface area contributed by atoms with Crippen LogP contribution in [-0.4, -0.2) is 20.6 Å². The highest BCUT2D eigenvalue weighted by Crippen LogP contribution is 2.23. The molecule has 0 atom stereocenters. The van der Waals surface area contributed by atoms with Crippen LogP contribution in [0.25, 0.3) is 0 Å². The molecule has 0 aliphatic rings. The van der Waals surface area contributed by atoms with Crippen LogP contribution in [0.15, 0.2) is 60.9 Å². The maximum atomic E-state index is 12.4. The average molecular weight is 371 g/mol. The molecule has 7 nitrogen and oxygen atoms in total. The Morgan fingerprint density at radius 2 is 1.96 bits per heavy atom. The van der Waals surface area contributed by atoms with Gasteiger partial charge in [0.15, 0.2) is 0 Å². The number of benzene rings is 2. The van der Waals surface area contributed by atoms with Gasteiger partial charge >= 0.3 is 0 Å². The van der Waals surface area contributed by atoms with Crippen LogP contribution in [0.3, 0.4) is 0 Å². The third-order valence-corrected chi connectivity index (χ3v) is 4.09. The van der Waals surface area contributed by atoms with Crippen LogP contribution >= 0.6 is 11.6 Å². The molecule has 2 aromatic carbocycles. The van der Waals surface area contributed by atoms with E-state index in [-0.39, 0.29) is 22.8 Å². The van der Waals surface area contributed by atoms with Crippen molar-refractivity contribution in [3.05, 3.63) is 92.8 Å². The fourth-order valence-electron chi connectivity index (χ4n) is 2.57. The summed E-state index contributed by atoms with van der Waals surface area (Å²) < 4.78 is 1.78. The maximum Gasteiger partial charge on any atom is 0.283 e. The van der Waals surface area contributed by atoms with Crippen molar-refractivity contribution in [3.63, 3.8) is 0 Å². The summed E-state index contributed by atoms with van der Waals surface area (Å²) >= 11 is 5.78. The molecule has 0 bridgehead atoms. The number of nitro groups is 1. The van der Waals surface area contributed by atoms with Gasteiger partial charge in [-0.3, -0.25) is 19.6 Å². The van der Waals surface area contributed by atoms with Gasteiger partial charge in [0, 0.05) is 30.0 Å². The van der Waals surface area contributed by atoms with Crippen LogP contribution in [0.1, 0.15) is 21.5 Å². The van der Waals surface area contributed by atoms with E-state index in [2.05, 4.69) is 10.4 Å². The number of rotatable bonds is 6. The van der Waals surface area contributed by atoms with Crippen molar-refractivity contribution in [1.29, 1.82) is 0 Å². The fraction of sp³-hybridized carbons (Fsp3) is 0.111. The Balaban J connectivity index is 1.76. The van der Waals surface area contributed by atoms with Crippen molar-refractivity contribution in [3.8, 4) is 0 Å². The normalized spacial score (nSPS) is 10.5. The van der Waals surface area contributed by atoms with Gasteiger partial charge in [-0.1, -0.05) is 35.9 Å². The van der Waals surface area contributed by atoms with Crippen LogP contribution in [-0.2, 0) is 13.1 Å². The van der Waals surface area contributed by atoms with Gasteiger partial charge in [-0.15, -0.1) is 0 Å². The summed E-state index contributed by atoms with van der Waals surface area (Å²) in [6.45, 7) is 0.816. The number of amides is 1. The molecule has 8 heteroatoms. The summed E-state index contributed by atoms with van der Waals surface area (Å²) in [5, 5.41) is 18.3. The van der Waals surface area contributed by atoms with Crippen molar-refractivity contribution in [1.82, 2.24) is 15.1 Å². The van der Waals surface area contributed by atoms with Gasteiger partial charge in [-0.2, -0.15) is 5.10 Å². The lowest BCUT2D eigenvalue weighted by Gasteiger charge is -2.11. The van der Waals surface area contributed by atoms with Gasteiger partial charge in [0.05, 0.1) is 11.5 Å². The number of nitrogens with one attached hydrogen (secondary N) is 1. The van der Waals surface area contributed by atoms with Gasteiger partial charge in [0.1, 0.15) is 5.56 Å².